The quantitative estimate of drug-likeness (QED) is 0.493. The Morgan fingerprint density at radius 1 is 1.05 bits per heavy atom. The average Bonchev–Trinajstić information content (AvgIpc) is 2.90. The van der Waals surface area contributed by atoms with Crippen LogP contribution >= 0.6 is 11.3 Å². The molecule has 0 amide bonds. The van der Waals surface area contributed by atoms with Gasteiger partial charge in [0.1, 0.15) is 10.4 Å². The highest BCUT2D eigenvalue weighted by molar-refractivity contribution is 7.21. The Balaban J connectivity index is 2.08. The third-order valence-electron chi connectivity index (χ3n) is 3.21. The summed E-state index contributed by atoms with van der Waals surface area (Å²) < 4.78 is 5.23. The van der Waals surface area contributed by atoms with Crippen LogP contribution in [0.3, 0.4) is 0 Å². The van der Waals surface area contributed by atoms with Crippen LogP contribution in [0.25, 0.3) is 31.6 Å². The minimum atomic E-state index is -0.330. The zero-order chi connectivity index (χ0) is 13.5. The third kappa shape index (κ3) is 1.73. The number of pyridine rings is 1. The molecule has 3 nitrogen and oxygen atoms in total. The Morgan fingerprint density at radius 3 is 2.85 bits per heavy atom. The first kappa shape index (κ1) is 11.4. The molecule has 0 radical (unpaired) electrons. The van der Waals surface area contributed by atoms with Crippen LogP contribution in [0.2, 0.25) is 0 Å². The van der Waals surface area contributed by atoms with E-state index in [0.717, 1.165) is 26.0 Å². The van der Waals surface area contributed by atoms with Gasteiger partial charge in [0.15, 0.2) is 0 Å². The molecule has 20 heavy (non-hydrogen) atoms. The Morgan fingerprint density at radius 2 is 1.95 bits per heavy atom. The van der Waals surface area contributed by atoms with Crippen LogP contribution < -0.4 is 5.63 Å². The molecular formula is C16H9NO2S. The van der Waals surface area contributed by atoms with Gasteiger partial charge in [-0.2, -0.15) is 0 Å². The molecule has 0 fully saturated rings. The molecule has 4 heteroatoms. The van der Waals surface area contributed by atoms with Gasteiger partial charge in [0.25, 0.3) is 0 Å². The number of fused-ring (bicyclic) bond motifs is 2. The van der Waals surface area contributed by atoms with Gasteiger partial charge in [-0.05, 0) is 18.2 Å². The zero-order valence-corrected chi connectivity index (χ0v) is 11.2. The maximum Gasteiger partial charge on any atom is 0.336 e. The first-order valence-corrected chi connectivity index (χ1v) is 7.01. The van der Waals surface area contributed by atoms with Gasteiger partial charge < -0.3 is 4.42 Å². The maximum absolute atomic E-state index is 11.7. The number of thiophene rings is 1. The van der Waals surface area contributed by atoms with E-state index in [9.17, 15) is 4.79 Å². The predicted octanol–water partition coefficient (Wildman–Crippen LogP) is 4.07. The van der Waals surface area contributed by atoms with Gasteiger partial charge in [0.2, 0.25) is 0 Å². The molecule has 0 aliphatic rings. The van der Waals surface area contributed by atoms with Crippen molar-refractivity contribution in [1.29, 1.82) is 0 Å². The van der Waals surface area contributed by atoms with E-state index in [4.69, 9.17) is 4.42 Å². The van der Waals surface area contributed by atoms with Crippen molar-refractivity contribution < 1.29 is 4.42 Å². The van der Waals surface area contributed by atoms with Crippen molar-refractivity contribution in [3.63, 3.8) is 0 Å². The molecule has 4 rings (SSSR count). The minimum absolute atomic E-state index is 0.330. The predicted molar refractivity (Wildman–Crippen MR) is 81.1 cm³/mol. The van der Waals surface area contributed by atoms with Crippen molar-refractivity contribution in [2.45, 2.75) is 0 Å². The van der Waals surface area contributed by atoms with Gasteiger partial charge in [0, 0.05) is 33.5 Å². The standard InChI is InChI=1S/C16H9NO2S/c18-15-9-12(11-5-1-2-6-13(11)19-15)14-8-10-4-3-7-17-16(10)20-14/h1-9H. The largest absolute Gasteiger partial charge is 0.423 e. The van der Waals surface area contributed by atoms with Crippen molar-refractivity contribution in [2.24, 2.45) is 0 Å². The lowest BCUT2D eigenvalue weighted by Crippen LogP contribution is -1.97. The van der Waals surface area contributed by atoms with Crippen LogP contribution in [0.15, 0.2) is 63.9 Å². The fourth-order valence-corrected chi connectivity index (χ4v) is 3.35. The van der Waals surface area contributed by atoms with Crippen molar-refractivity contribution in [1.82, 2.24) is 4.98 Å². The van der Waals surface area contributed by atoms with Crippen LogP contribution in [0.1, 0.15) is 0 Å². The molecule has 4 aromatic rings. The molecule has 0 saturated carbocycles. The van der Waals surface area contributed by atoms with Gasteiger partial charge in [0.05, 0.1) is 0 Å². The summed E-state index contributed by atoms with van der Waals surface area (Å²) in [4.78, 5) is 18.1. The number of hydrogen-bond donors (Lipinski definition) is 0. The number of benzene rings is 1. The van der Waals surface area contributed by atoms with Gasteiger partial charge in [-0.15, -0.1) is 11.3 Å². The minimum Gasteiger partial charge on any atom is -0.423 e. The molecule has 0 unspecified atom stereocenters. The van der Waals surface area contributed by atoms with Crippen molar-refractivity contribution in [3.05, 3.63) is 65.1 Å². The number of hydrogen-bond acceptors (Lipinski definition) is 4. The van der Waals surface area contributed by atoms with Crippen LogP contribution in [-0.2, 0) is 0 Å². The Labute approximate surface area is 118 Å². The first-order valence-electron chi connectivity index (χ1n) is 6.19. The Kier molecular flexibility index (Phi) is 2.44. The van der Waals surface area contributed by atoms with E-state index in [1.54, 1.807) is 23.6 Å². The number of para-hydroxylation sites is 1. The maximum atomic E-state index is 11.7. The van der Waals surface area contributed by atoms with Crippen molar-refractivity contribution in [3.8, 4) is 10.4 Å². The summed E-state index contributed by atoms with van der Waals surface area (Å²) in [5, 5.41) is 2.03. The molecular weight excluding hydrogens is 270 g/mol. The summed E-state index contributed by atoms with van der Waals surface area (Å²) in [7, 11) is 0. The smallest absolute Gasteiger partial charge is 0.336 e. The molecule has 96 valence electrons. The monoisotopic (exact) mass is 279 g/mol. The molecule has 0 aliphatic heterocycles. The van der Waals surface area contributed by atoms with E-state index in [1.807, 2.05) is 36.4 Å². The molecule has 0 saturated heterocycles. The second-order valence-corrected chi connectivity index (χ2v) is 5.51. The van der Waals surface area contributed by atoms with Gasteiger partial charge in [-0.3, -0.25) is 0 Å². The summed E-state index contributed by atoms with van der Waals surface area (Å²) in [6, 6.07) is 15.1. The van der Waals surface area contributed by atoms with Gasteiger partial charge in [-0.1, -0.05) is 24.3 Å². The van der Waals surface area contributed by atoms with E-state index >= 15 is 0 Å². The fourth-order valence-electron chi connectivity index (χ4n) is 2.32. The lowest BCUT2D eigenvalue weighted by Gasteiger charge is -2.01. The lowest BCUT2D eigenvalue weighted by atomic mass is 10.1. The summed E-state index contributed by atoms with van der Waals surface area (Å²) in [5.41, 5.74) is 1.18. The van der Waals surface area contributed by atoms with Crippen LogP contribution in [0.5, 0.6) is 0 Å². The summed E-state index contributed by atoms with van der Waals surface area (Å²) in [6.45, 7) is 0. The van der Waals surface area contributed by atoms with Crippen LogP contribution in [0, 0.1) is 0 Å². The Bertz CT molecular complexity index is 951. The van der Waals surface area contributed by atoms with E-state index in [2.05, 4.69) is 11.1 Å². The lowest BCUT2D eigenvalue weighted by molar-refractivity contribution is 0.561. The van der Waals surface area contributed by atoms with E-state index in [-0.39, 0.29) is 5.63 Å². The van der Waals surface area contributed by atoms with Gasteiger partial charge in [-0.25, -0.2) is 9.78 Å². The second kappa shape index (κ2) is 4.28. The van der Waals surface area contributed by atoms with Crippen molar-refractivity contribution >= 4 is 32.5 Å². The SMILES string of the molecule is O=c1cc(-c2cc3cccnc3s2)c2ccccc2o1. The van der Waals surface area contributed by atoms with E-state index < -0.39 is 0 Å². The molecule has 3 aromatic heterocycles. The molecule has 3 heterocycles. The average molecular weight is 279 g/mol. The number of rotatable bonds is 1. The third-order valence-corrected chi connectivity index (χ3v) is 4.30. The van der Waals surface area contributed by atoms with Crippen LogP contribution in [-0.4, -0.2) is 4.98 Å². The molecule has 0 spiro atoms. The second-order valence-electron chi connectivity index (χ2n) is 4.48. The summed E-state index contributed by atoms with van der Waals surface area (Å²) in [6.07, 6.45) is 1.78. The summed E-state index contributed by atoms with van der Waals surface area (Å²) in [5.74, 6) is 0. The Hall–Kier alpha value is -2.46. The highest BCUT2D eigenvalue weighted by Crippen LogP contribution is 2.35. The number of aromatic nitrogens is 1. The molecule has 0 bridgehead atoms. The summed E-state index contributed by atoms with van der Waals surface area (Å²) >= 11 is 1.58. The number of nitrogens with zero attached hydrogens (tertiary/aromatic N) is 1. The van der Waals surface area contributed by atoms with Crippen LogP contribution in [0.4, 0.5) is 0 Å². The normalized spacial score (nSPS) is 11.2. The van der Waals surface area contributed by atoms with E-state index in [0.29, 0.717) is 5.58 Å². The molecule has 0 atom stereocenters. The topological polar surface area (TPSA) is 43.1 Å². The molecule has 0 N–H and O–H groups in total. The first-order chi connectivity index (χ1) is 9.81. The highest BCUT2D eigenvalue weighted by atomic mass is 32.1. The van der Waals surface area contributed by atoms with Gasteiger partial charge >= 0.3 is 5.63 Å². The highest BCUT2D eigenvalue weighted by Gasteiger charge is 2.10. The molecule has 1 aromatic carbocycles. The zero-order valence-electron chi connectivity index (χ0n) is 10.4. The molecule has 0 aliphatic carbocycles. The van der Waals surface area contributed by atoms with Crippen molar-refractivity contribution in [2.75, 3.05) is 0 Å². The fraction of sp³-hybridized carbons (Fsp3) is 0. The van der Waals surface area contributed by atoms with E-state index in [1.165, 1.54) is 0 Å².